The number of para-hydroxylation sites is 2. The molecule has 2 N–H and O–H groups in total. The summed E-state index contributed by atoms with van der Waals surface area (Å²) in [4.78, 5) is 0. The SMILES string of the molecule is CCCCCn1c(=N)n(C[C@H](O)COc2cccc(C)c2)c2ccccc21. The van der Waals surface area contributed by atoms with Crippen LogP contribution in [0.5, 0.6) is 5.75 Å². The van der Waals surface area contributed by atoms with Crippen LogP contribution in [0.25, 0.3) is 11.0 Å². The molecule has 5 heteroatoms. The molecule has 0 saturated carbocycles. The summed E-state index contributed by atoms with van der Waals surface area (Å²) in [5, 5.41) is 19.1. The van der Waals surface area contributed by atoms with Crippen molar-refractivity contribution in [3.05, 3.63) is 59.7 Å². The lowest BCUT2D eigenvalue weighted by atomic mass is 10.2. The van der Waals surface area contributed by atoms with Gasteiger partial charge in [-0.15, -0.1) is 0 Å². The van der Waals surface area contributed by atoms with Gasteiger partial charge in [-0.1, -0.05) is 44.0 Å². The van der Waals surface area contributed by atoms with Gasteiger partial charge < -0.3 is 19.0 Å². The number of fused-ring (bicyclic) bond motifs is 1. The van der Waals surface area contributed by atoms with E-state index in [0.717, 1.165) is 48.2 Å². The van der Waals surface area contributed by atoms with Gasteiger partial charge in [0.1, 0.15) is 18.5 Å². The minimum atomic E-state index is -0.686. The molecular weight excluding hydrogens is 338 g/mol. The van der Waals surface area contributed by atoms with Crippen molar-refractivity contribution in [3.63, 3.8) is 0 Å². The number of aliphatic hydroxyl groups excluding tert-OH is 1. The van der Waals surface area contributed by atoms with E-state index in [0.29, 0.717) is 12.2 Å². The summed E-state index contributed by atoms with van der Waals surface area (Å²) in [5.74, 6) is 0.757. The molecule has 0 fully saturated rings. The summed E-state index contributed by atoms with van der Waals surface area (Å²) < 4.78 is 9.65. The van der Waals surface area contributed by atoms with Gasteiger partial charge in [-0.3, -0.25) is 5.41 Å². The number of imidazole rings is 1. The Kier molecular flexibility index (Phi) is 6.35. The van der Waals surface area contributed by atoms with Gasteiger partial charge in [0.15, 0.2) is 0 Å². The van der Waals surface area contributed by atoms with E-state index in [-0.39, 0.29) is 6.61 Å². The highest BCUT2D eigenvalue weighted by Crippen LogP contribution is 2.16. The second kappa shape index (κ2) is 8.91. The maximum absolute atomic E-state index is 10.5. The van der Waals surface area contributed by atoms with Gasteiger partial charge in [0.2, 0.25) is 5.62 Å². The maximum atomic E-state index is 10.5. The van der Waals surface area contributed by atoms with Crippen LogP contribution < -0.4 is 10.4 Å². The van der Waals surface area contributed by atoms with Crippen molar-refractivity contribution in [1.82, 2.24) is 9.13 Å². The maximum Gasteiger partial charge on any atom is 0.203 e. The summed E-state index contributed by atoms with van der Waals surface area (Å²) >= 11 is 0. The monoisotopic (exact) mass is 367 g/mol. The van der Waals surface area contributed by atoms with Gasteiger partial charge >= 0.3 is 0 Å². The Hall–Kier alpha value is -2.53. The standard InChI is InChI=1S/C22H29N3O2/c1-3-4-7-13-24-20-11-5-6-12-21(20)25(22(24)23)15-18(26)16-27-19-10-8-9-17(2)14-19/h5-6,8-12,14,18,23,26H,3-4,7,13,15-16H2,1-2H3/t18-/m0/s1. The first-order valence-electron chi connectivity index (χ1n) is 9.70. The van der Waals surface area contributed by atoms with Gasteiger partial charge in [-0.2, -0.15) is 0 Å². The van der Waals surface area contributed by atoms with E-state index < -0.39 is 6.10 Å². The molecule has 0 aliphatic rings. The number of aromatic nitrogens is 2. The van der Waals surface area contributed by atoms with Gasteiger partial charge in [-0.25, -0.2) is 0 Å². The van der Waals surface area contributed by atoms with E-state index in [2.05, 4.69) is 6.92 Å². The first-order valence-corrected chi connectivity index (χ1v) is 9.70. The second-order valence-corrected chi connectivity index (χ2v) is 7.06. The summed E-state index contributed by atoms with van der Waals surface area (Å²) in [5.41, 5.74) is 3.58. The van der Waals surface area contributed by atoms with E-state index in [1.54, 1.807) is 0 Å². The van der Waals surface area contributed by atoms with Crippen molar-refractivity contribution < 1.29 is 9.84 Å². The topological polar surface area (TPSA) is 63.2 Å². The molecule has 144 valence electrons. The quantitative estimate of drug-likeness (QED) is 0.564. The van der Waals surface area contributed by atoms with Crippen molar-refractivity contribution in [1.29, 1.82) is 5.41 Å². The smallest absolute Gasteiger partial charge is 0.203 e. The van der Waals surface area contributed by atoms with Crippen LogP contribution in [0.1, 0.15) is 31.7 Å². The highest BCUT2D eigenvalue weighted by molar-refractivity contribution is 5.75. The third kappa shape index (κ3) is 4.61. The van der Waals surface area contributed by atoms with Gasteiger partial charge in [0.25, 0.3) is 0 Å². The van der Waals surface area contributed by atoms with E-state index in [4.69, 9.17) is 10.1 Å². The Bertz CT molecular complexity index is 942. The Morgan fingerprint density at radius 2 is 1.78 bits per heavy atom. The summed E-state index contributed by atoms with van der Waals surface area (Å²) in [7, 11) is 0. The number of hydrogen-bond donors (Lipinski definition) is 2. The van der Waals surface area contributed by atoms with Crippen molar-refractivity contribution in [2.75, 3.05) is 6.61 Å². The largest absolute Gasteiger partial charge is 0.491 e. The highest BCUT2D eigenvalue weighted by atomic mass is 16.5. The summed E-state index contributed by atoms with van der Waals surface area (Å²) in [6.45, 7) is 5.56. The zero-order valence-electron chi connectivity index (χ0n) is 16.2. The molecule has 0 aliphatic heterocycles. The van der Waals surface area contributed by atoms with Crippen LogP contribution in [0.3, 0.4) is 0 Å². The molecule has 5 nitrogen and oxygen atoms in total. The lowest BCUT2D eigenvalue weighted by Crippen LogP contribution is -2.31. The minimum absolute atomic E-state index is 0.200. The molecule has 2 aromatic carbocycles. The molecule has 1 heterocycles. The molecule has 0 amide bonds. The van der Waals surface area contributed by atoms with E-state index in [1.807, 2.05) is 64.6 Å². The first-order chi connectivity index (χ1) is 13.1. The zero-order chi connectivity index (χ0) is 19.2. The third-order valence-electron chi connectivity index (χ3n) is 4.79. The molecule has 1 aromatic heterocycles. The molecule has 1 atom stereocenters. The molecule has 3 aromatic rings. The number of benzene rings is 2. The van der Waals surface area contributed by atoms with Crippen LogP contribution in [0.15, 0.2) is 48.5 Å². The lowest BCUT2D eigenvalue weighted by molar-refractivity contribution is 0.0920. The number of ether oxygens (including phenoxy) is 1. The Morgan fingerprint density at radius 3 is 2.48 bits per heavy atom. The van der Waals surface area contributed by atoms with Crippen molar-refractivity contribution in [2.24, 2.45) is 0 Å². The van der Waals surface area contributed by atoms with E-state index in [9.17, 15) is 5.11 Å². The predicted molar refractivity (Wildman–Crippen MR) is 108 cm³/mol. The molecule has 0 bridgehead atoms. The summed E-state index contributed by atoms with van der Waals surface area (Å²) in [6, 6.07) is 15.8. The fourth-order valence-corrected chi connectivity index (χ4v) is 3.39. The number of aryl methyl sites for hydroxylation is 2. The van der Waals surface area contributed by atoms with E-state index in [1.165, 1.54) is 0 Å². The van der Waals surface area contributed by atoms with Crippen LogP contribution in [0.4, 0.5) is 0 Å². The average Bonchev–Trinajstić information content (AvgIpc) is 2.92. The number of rotatable bonds is 9. The van der Waals surface area contributed by atoms with Crippen molar-refractivity contribution >= 4 is 11.0 Å². The average molecular weight is 367 g/mol. The molecule has 0 radical (unpaired) electrons. The lowest BCUT2D eigenvalue weighted by Gasteiger charge is -2.14. The molecule has 27 heavy (non-hydrogen) atoms. The molecule has 0 spiro atoms. The third-order valence-corrected chi connectivity index (χ3v) is 4.79. The Balaban J connectivity index is 1.75. The van der Waals surface area contributed by atoms with Gasteiger partial charge in [0.05, 0.1) is 17.6 Å². The summed E-state index contributed by atoms with van der Waals surface area (Å²) in [6.07, 6.45) is 2.68. The molecule has 0 saturated heterocycles. The van der Waals surface area contributed by atoms with Gasteiger partial charge in [0, 0.05) is 6.54 Å². The number of hydrogen-bond acceptors (Lipinski definition) is 3. The number of unbranched alkanes of at least 4 members (excludes halogenated alkanes) is 2. The van der Waals surface area contributed by atoms with Crippen LogP contribution in [-0.4, -0.2) is 27.0 Å². The highest BCUT2D eigenvalue weighted by Gasteiger charge is 2.14. The normalized spacial score (nSPS) is 12.4. The molecular formula is C22H29N3O2. The molecule has 3 rings (SSSR count). The van der Waals surface area contributed by atoms with Crippen LogP contribution >= 0.6 is 0 Å². The Labute approximate surface area is 160 Å². The second-order valence-electron chi connectivity index (χ2n) is 7.06. The first kappa shape index (κ1) is 19.2. The zero-order valence-corrected chi connectivity index (χ0v) is 16.2. The van der Waals surface area contributed by atoms with Crippen molar-refractivity contribution in [2.45, 2.75) is 52.3 Å². The van der Waals surface area contributed by atoms with Crippen LogP contribution in [0.2, 0.25) is 0 Å². The van der Waals surface area contributed by atoms with Crippen molar-refractivity contribution in [3.8, 4) is 5.75 Å². The molecule has 0 aliphatic carbocycles. The minimum Gasteiger partial charge on any atom is -0.491 e. The van der Waals surface area contributed by atoms with Crippen LogP contribution in [0, 0.1) is 12.3 Å². The number of nitrogens with zero attached hydrogens (tertiary/aromatic N) is 2. The van der Waals surface area contributed by atoms with Crippen LogP contribution in [-0.2, 0) is 13.1 Å². The fourth-order valence-electron chi connectivity index (χ4n) is 3.39. The number of nitrogens with one attached hydrogen (secondary N) is 1. The Morgan fingerprint density at radius 1 is 1.04 bits per heavy atom. The van der Waals surface area contributed by atoms with Gasteiger partial charge in [-0.05, 0) is 43.2 Å². The van der Waals surface area contributed by atoms with E-state index >= 15 is 0 Å². The molecule has 0 unspecified atom stereocenters. The predicted octanol–water partition coefficient (Wildman–Crippen LogP) is 3.86. The number of aliphatic hydroxyl groups is 1. The fraction of sp³-hybridized carbons (Fsp3) is 0.409.